The number of carbonyl (C=O) groups excluding carboxylic acids is 2. The highest BCUT2D eigenvalue weighted by Gasteiger charge is 2.18. The molecule has 188 valence electrons. The smallest absolute Gasteiger partial charge is 0.267 e. The number of para-hydroxylation sites is 1. The minimum absolute atomic E-state index is 0.128. The molecule has 0 saturated carbocycles. The zero-order valence-electron chi connectivity index (χ0n) is 20.6. The van der Waals surface area contributed by atoms with Gasteiger partial charge in [0.15, 0.2) is 0 Å². The van der Waals surface area contributed by atoms with Gasteiger partial charge in [-0.1, -0.05) is 43.3 Å². The van der Waals surface area contributed by atoms with Crippen molar-refractivity contribution in [2.45, 2.75) is 13.3 Å². The van der Waals surface area contributed by atoms with Crippen LogP contribution in [0.4, 0.5) is 0 Å². The van der Waals surface area contributed by atoms with Crippen LogP contribution < -0.4 is 15.4 Å². The fourth-order valence-corrected chi connectivity index (χ4v) is 4.22. The van der Waals surface area contributed by atoms with Crippen molar-refractivity contribution in [3.8, 4) is 22.7 Å². The van der Waals surface area contributed by atoms with Crippen molar-refractivity contribution in [3.63, 3.8) is 0 Å². The summed E-state index contributed by atoms with van der Waals surface area (Å²) in [7, 11) is 1.61. The van der Waals surface area contributed by atoms with Crippen molar-refractivity contribution in [3.05, 3.63) is 106 Å². The number of halogens is 1. The van der Waals surface area contributed by atoms with Crippen molar-refractivity contribution in [2.24, 2.45) is 0 Å². The molecule has 0 aliphatic carbocycles. The first-order valence-electron chi connectivity index (χ1n) is 11.9. The van der Waals surface area contributed by atoms with E-state index in [4.69, 9.17) is 9.84 Å². The van der Waals surface area contributed by atoms with Crippen LogP contribution in [0.1, 0.15) is 29.3 Å². The second kappa shape index (κ2) is 12.2. The molecule has 0 atom stereocenters. The molecule has 4 rings (SSSR count). The van der Waals surface area contributed by atoms with Crippen LogP contribution in [-0.4, -0.2) is 35.2 Å². The van der Waals surface area contributed by atoms with E-state index in [1.54, 1.807) is 42.1 Å². The fraction of sp³-hybridized carbons (Fsp3) is 0.138. The Morgan fingerprint density at radius 3 is 2.38 bits per heavy atom. The van der Waals surface area contributed by atoms with Gasteiger partial charge in [-0.2, -0.15) is 5.10 Å². The lowest BCUT2D eigenvalue weighted by atomic mass is 10.1. The minimum Gasteiger partial charge on any atom is -0.496 e. The van der Waals surface area contributed by atoms with Crippen molar-refractivity contribution in [2.75, 3.05) is 13.7 Å². The minimum atomic E-state index is -0.375. The number of nitrogens with one attached hydrogen (secondary N) is 2. The standard InChI is InChI=1S/C29H27BrN4O3/c1-3-16-31-29(36)25(32-28(35)20-10-6-4-7-11-20)18-22-19-34(23-12-8-5-9-13-23)33-27(22)21-14-15-26(37-2)24(30)17-21/h4-15,17-19H,3,16H2,1-2H3,(H,31,36)(H,32,35). The number of rotatable bonds is 9. The summed E-state index contributed by atoms with van der Waals surface area (Å²) in [6.45, 7) is 2.45. The van der Waals surface area contributed by atoms with Gasteiger partial charge in [0.1, 0.15) is 17.1 Å². The number of hydrogen-bond acceptors (Lipinski definition) is 4. The van der Waals surface area contributed by atoms with Crippen LogP contribution >= 0.6 is 15.9 Å². The number of methoxy groups -OCH3 is 1. The predicted molar refractivity (Wildman–Crippen MR) is 148 cm³/mol. The molecule has 7 nitrogen and oxygen atoms in total. The van der Waals surface area contributed by atoms with Gasteiger partial charge in [0, 0.05) is 29.4 Å². The van der Waals surface area contributed by atoms with E-state index in [0.29, 0.717) is 29.1 Å². The molecule has 4 aromatic rings. The molecule has 37 heavy (non-hydrogen) atoms. The number of carbonyl (C=O) groups is 2. The van der Waals surface area contributed by atoms with Crippen molar-refractivity contribution >= 4 is 33.8 Å². The quantitative estimate of drug-likeness (QED) is 0.261. The Morgan fingerprint density at radius 2 is 1.73 bits per heavy atom. The van der Waals surface area contributed by atoms with Gasteiger partial charge in [-0.25, -0.2) is 4.68 Å². The maximum atomic E-state index is 13.1. The van der Waals surface area contributed by atoms with Crippen LogP contribution in [0.25, 0.3) is 23.0 Å². The highest BCUT2D eigenvalue weighted by Crippen LogP contribution is 2.32. The first-order valence-corrected chi connectivity index (χ1v) is 12.6. The SMILES string of the molecule is CCCNC(=O)C(=Cc1cn(-c2ccccc2)nc1-c1ccc(OC)c(Br)c1)NC(=O)c1ccccc1. The molecule has 0 bridgehead atoms. The number of nitrogens with zero attached hydrogens (tertiary/aromatic N) is 2. The molecule has 0 unspecified atom stereocenters. The Morgan fingerprint density at radius 1 is 1.03 bits per heavy atom. The maximum absolute atomic E-state index is 13.1. The second-order valence-electron chi connectivity index (χ2n) is 8.20. The summed E-state index contributed by atoms with van der Waals surface area (Å²) >= 11 is 3.55. The third kappa shape index (κ3) is 6.34. The van der Waals surface area contributed by atoms with Gasteiger partial charge in [0.25, 0.3) is 11.8 Å². The lowest BCUT2D eigenvalue weighted by Gasteiger charge is -2.11. The molecule has 0 radical (unpaired) electrons. The van der Waals surface area contributed by atoms with Gasteiger partial charge in [-0.15, -0.1) is 0 Å². The van der Waals surface area contributed by atoms with Gasteiger partial charge in [0.2, 0.25) is 0 Å². The normalized spacial score (nSPS) is 11.2. The average molecular weight is 559 g/mol. The van der Waals surface area contributed by atoms with E-state index in [1.807, 2.05) is 67.7 Å². The third-order valence-electron chi connectivity index (χ3n) is 5.55. The first-order chi connectivity index (χ1) is 18.0. The molecular formula is C29H27BrN4O3. The van der Waals surface area contributed by atoms with Crippen LogP contribution in [-0.2, 0) is 4.79 Å². The summed E-state index contributed by atoms with van der Waals surface area (Å²) in [6, 6.07) is 24.1. The molecule has 0 aliphatic heterocycles. The van der Waals surface area contributed by atoms with Gasteiger partial charge >= 0.3 is 0 Å². The number of hydrogen-bond donors (Lipinski definition) is 2. The zero-order chi connectivity index (χ0) is 26.2. The van der Waals surface area contributed by atoms with Crippen LogP contribution in [0.2, 0.25) is 0 Å². The molecule has 0 fully saturated rings. The zero-order valence-corrected chi connectivity index (χ0v) is 22.2. The van der Waals surface area contributed by atoms with Gasteiger partial charge in [-0.3, -0.25) is 9.59 Å². The Hall–Kier alpha value is -4.17. The number of ether oxygens (including phenoxy) is 1. The second-order valence-corrected chi connectivity index (χ2v) is 9.05. The van der Waals surface area contributed by atoms with Gasteiger partial charge in [0.05, 0.1) is 17.3 Å². The van der Waals surface area contributed by atoms with E-state index in [-0.39, 0.29) is 17.5 Å². The third-order valence-corrected chi connectivity index (χ3v) is 6.17. The predicted octanol–water partition coefficient (Wildman–Crippen LogP) is 5.61. The molecular weight excluding hydrogens is 532 g/mol. The molecule has 3 aromatic carbocycles. The lowest BCUT2D eigenvalue weighted by Crippen LogP contribution is -2.35. The highest BCUT2D eigenvalue weighted by atomic mass is 79.9. The van der Waals surface area contributed by atoms with E-state index in [2.05, 4.69) is 26.6 Å². The largest absolute Gasteiger partial charge is 0.496 e. The monoisotopic (exact) mass is 558 g/mol. The van der Waals surface area contributed by atoms with E-state index in [1.165, 1.54) is 0 Å². The molecule has 2 N–H and O–H groups in total. The Labute approximate surface area is 224 Å². The van der Waals surface area contributed by atoms with E-state index in [0.717, 1.165) is 22.1 Å². The highest BCUT2D eigenvalue weighted by molar-refractivity contribution is 9.10. The Bertz CT molecular complexity index is 1420. The summed E-state index contributed by atoms with van der Waals surface area (Å²) in [6.07, 6.45) is 4.26. The lowest BCUT2D eigenvalue weighted by molar-refractivity contribution is -0.117. The molecule has 1 aromatic heterocycles. The molecule has 1 heterocycles. The summed E-state index contributed by atoms with van der Waals surface area (Å²) in [4.78, 5) is 26.0. The molecule has 8 heteroatoms. The molecule has 0 saturated heterocycles. The van der Waals surface area contributed by atoms with Gasteiger partial charge < -0.3 is 15.4 Å². The van der Waals surface area contributed by atoms with Crippen LogP contribution in [0.3, 0.4) is 0 Å². The van der Waals surface area contributed by atoms with Crippen molar-refractivity contribution in [1.29, 1.82) is 0 Å². The number of amides is 2. The molecule has 2 amide bonds. The molecule has 0 spiro atoms. The average Bonchev–Trinajstić information content (AvgIpc) is 3.36. The van der Waals surface area contributed by atoms with Crippen molar-refractivity contribution in [1.82, 2.24) is 20.4 Å². The van der Waals surface area contributed by atoms with Crippen LogP contribution in [0.5, 0.6) is 5.75 Å². The first kappa shape index (κ1) is 25.9. The van der Waals surface area contributed by atoms with E-state index in [9.17, 15) is 9.59 Å². The van der Waals surface area contributed by atoms with E-state index < -0.39 is 0 Å². The van der Waals surface area contributed by atoms with Crippen LogP contribution in [0, 0.1) is 0 Å². The number of aromatic nitrogens is 2. The van der Waals surface area contributed by atoms with E-state index >= 15 is 0 Å². The van der Waals surface area contributed by atoms with Gasteiger partial charge in [-0.05, 0) is 70.9 Å². The topological polar surface area (TPSA) is 85.2 Å². The van der Waals surface area contributed by atoms with Crippen LogP contribution in [0.15, 0.2) is 95.2 Å². The summed E-state index contributed by atoms with van der Waals surface area (Å²) < 4.78 is 7.90. The summed E-state index contributed by atoms with van der Waals surface area (Å²) in [5.74, 6) is -0.0544. The van der Waals surface area contributed by atoms with Crippen molar-refractivity contribution < 1.29 is 14.3 Å². The summed E-state index contributed by atoms with van der Waals surface area (Å²) in [5, 5.41) is 10.5. The summed E-state index contributed by atoms with van der Waals surface area (Å²) in [5.41, 5.74) is 3.57. The fourth-order valence-electron chi connectivity index (χ4n) is 3.68. The Kier molecular flexibility index (Phi) is 8.53. The number of benzene rings is 3. The maximum Gasteiger partial charge on any atom is 0.267 e. The molecule has 0 aliphatic rings. The Balaban J connectivity index is 1.81.